The molecule has 0 saturated heterocycles. The summed E-state index contributed by atoms with van der Waals surface area (Å²) in [5, 5.41) is 2.69. The number of hydrogen-bond donors (Lipinski definition) is 2. The molecule has 2 aromatic rings. The molecule has 2 aromatic carbocycles. The van der Waals surface area contributed by atoms with Gasteiger partial charge in [0.25, 0.3) is 0 Å². The number of nitrogens with two attached hydrogens (primary N) is 1. The van der Waals surface area contributed by atoms with Crippen LogP contribution in [0.25, 0.3) is 0 Å². The number of hydrogen-bond acceptors (Lipinski definition) is 3. The van der Waals surface area contributed by atoms with Crippen LogP contribution in [0.15, 0.2) is 51.8 Å². The average molecular weight is 369 g/mol. The van der Waals surface area contributed by atoms with Crippen LogP contribution < -0.4 is 11.1 Å². The van der Waals surface area contributed by atoms with Crippen LogP contribution in [0.5, 0.6) is 0 Å². The molecule has 3 N–H and O–H groups in total. The molecule has 0 radical (unpaired) electrons. The number of thioether (sulfide) groups is 1. The van der Waals surface area contributed by atoms with Crippen molar-refractivity contribution in [2.75, 3.05) is 11.5 Å². The lowest BCUT2D eigenvalue weighted by atomic mass is 10.2. The van der Waals surface area contributed by atoms with Gasteiger partial charge in [0.15, 0.2) is 0 Å². The molecular formula is C15H14BrFN2OS. The first kappa shape index (κ1) is 15.9. The Hall–Kier alpha value is -1.53. The van der Waals surface area contributed by atoms with Gasteiger partial charge in [0.05, 0.1) is 5.75 Å². The van der Waals surface area contributed by atoms with E-state index in [4.69, 9.17) is 5.73 Å². The second kappa shape index (κ2) is 7.47. The van der Waals surface area contributed by atoms with E-state index in [-0.39, 0.29) is 24.0 Å². The van der Waals surface area contributed by atoms with E-state index in [0.29, 0.717) is 11.3 Å². The number of nitrogen functional groups attached to an aromatic ring is 1. The molecular weight excluding hydrogens is 355 g/mol. The molecule has 6 heteroatoms. The molecule has 0 aliphatic heterocycles. The van der Waals surface area contributed by atoms with Gasteiger partial charge in [-0.05, 0) is 24.3 Å². The van der Waals surface area contributed by atoms with Crippen molar-refractivity contribution in [3.05, 3.63) is 58.3 Å². The van der Waals surface area contributed by atoms with E-state index in [9.17, 15) is 9.18 Å². The third-order valence-corrected chi connectivity index (χ3v) is 4.33. The first-order valence-electron chi connectivity index (χ1n) is 6.24. The lowest BCUT2D eigenvalue weighted by Crippen LogP contribution is -2.25. The van der Waals surface area contributed by atoms with Gasteiger partial charge in [-0.2, -0.15) is 0 Å². The molecule has 0 atom stereocenters. The number of rotatable bonds is 5. The van der Waals surface area contributed by atoms with E-state index in [1.165, 1.54) is 17.8 Å². The summed E-state index contributed by atoms with van der Waals surface area (Å²) in [5.41, 5.74) is 6.94. The number of benzene rings is 2. The third-order valence-electron chi connectivity index (χ3n) is 2.77. The number of halogens is 2. The zero-order valence-electron chi connectivity index (χ0n) is 11.1. The Morgan fingerprint density at radius 3 is 2.81 bits per heavy atom. The fourth-order valence-corrected chi connectivity index (χ4v) is 3.01. The van der Waals surface area contributed by atoms with Gasteiger partial charge in [0, 0.05) is 27.2 Å². The smallest absolute Gasteiger partial charge is 0.230 e. The van der Waals surface area contributed by atoms with Crippen LogP contribution >= 0.6 is 27.7 Å². The molecule has 0 unspecified atom stereocenters. The summed E-state index contributed by atoms with van der Waals surface area (Å²) < 4.78 is 14.3. The summed E-state index contributed by atoms with van der Waals surface area (Å²) in [7, 11) is 0. The van der Waals surface area contributed by atoms with Gasteiger partial charge in [-0.3, -0.25) is 4.79 Å². The van der Waals surface area contributed by atoms with Crippen LogP contribution in [-0.2, 0) is 11.3 Å². The Morgan fingerprint density at radius 2 is 2.05 bits per heavy atom. The summed E-state index contributed by atoms with van der Waals surface area (Å²) in [5.74, 6) is -0.251. The molecule has 0 heterocycles. The number of amides is 1. The molecule has 0 bridgehead atoms. The van der Waals surface area contributed by atoms with Gasteiger partial charge in [-0.1, -0.05) is 34.1 Å². The van der Waals surface area contributed by atoms with Crippen molar-refractivity contribution in [2.24, 2.45) is 0 Å². The maximum Gasteiger partial charge on any atom is 0.230 e. The minimum atomic E-state index is -0.318. The fraction of sp³-hybridized carbons (Fsp3) is 0.133. The topological polar surface area (TPSA) is 55.1 Å². The zero-order chi connectivity index (χ0) is 15.2. The zero-order valence-corrected chi connectivity index (χ0v) is 13.5. The van der Waals surface area contributed by atoms with Crippen molar-refractivity contribution in [3.8, 4) is 0 Å². The molecule has 2 rings (SSSR count). The van der Waals surface area contributed by atoms with E-state index in [1.54, 1.807) is 24.3 Å². The predicted molar refractivity (Wildman–Crippen MR) is 87.5 cm³/mol. The lowest BCUT2D eigenvalue weighted by molar-refractivity contribution is -0.118. The molecule has 0 saturated carbocycles. The molecule has 0 aliphatic rings. The standard InChI is InChI=1S/C15H14BrFN2OS/c16-11-5-6-13(18)14(7-11)21-9-15(20)19-8-10-3-1-2-4-12(10)17/h1-7H,8-9,18H2,(H,19,20). The second-order valence-electron chi connectivity index (χ2n) is 4.34. The Balaban J connectivity index is 1.85. The van der Waals surface area contributed by atoms with Crippen LogP contribution in [0, 0.1) is 5.82 Å². The van der Waals surface area contributed by atoms with Gasteiger partial charge < -0.3 is 11.1 Å². The molecule has 0 spiro atoms. The highest BCUT2D eigenvalue weighted by molar-refractivity contribution is 9.10. The van der Waals surface area contributed by atoms with Gasteiger partial charge in [0.1, 0.15) is 5.82 Å². The van der Waals surface area contributed by atoms with E-state index < -0.39 is 0 Å². The average Bonchev–Trinajstić information content (AvgIpc) is 2.47. The van der Waals surface area contributed by atoms with E-state index in [2.05, 4.69) is 21.2 Å². The van der Waals surface area contributed by atoms with E-state index >= 15 is 0 Å². The Labute approximate surface area is 135 Å². The van der Waals surface area contributed by atoms with Crippen molar-refractivity contribution in [1.82, 2.24) is 5.32 Å². The molecule has 0 aliphatic carbocycles. The maximum absolute atomic E-state index is 13.4. The molecule has 3 nitrogen and oxygen atoms in total. The van der Waals surface area contributed by atoms with Crippen molar-refractivity contribution in [1.29, 1.82) is 0 Å². The largest absolute Gasteiger partial charge is 0.398 e. The van der Waals surface area contributed by atoms with Crippen molar-refractivity contribution in [3.63, 3.8) is 0 Å². The number of anilines is 1. The molecule has 0 fully saturated rings. The van der Waals surface area contributed by atoms with Gasteiger partial charge in [-0.15, -0.1) is 11.8 Å². The van der Waals surface area contributed by atoms with Crippen LogP contribution in [0.3, 0.4) is 0 Å². The number of nitrogens with one attached hydrogen (secondary N) is 1. The fourth-order valence-electron chi connectivity index (χ4n) is 1.66. The Morgan fingerprint density at radius 1 is 1.29 bits per heavy atom. The van der Waals surface area contributed by atoms with Gasteiger partial charge >= 0.3 is 0 Å². The van der Waals surface area contributed by atoms with Crippen LogP contribution in [0.1, 0.15) is 5.56 Å². The Bertz CT molecular complexity index is 651. The van der Waals surface area contributed by atoms with Crippen molar-refractivity contribution in [2.45, 2.75) is 11.4 Å². The minimum absolute atomic E-state index is 0.164. The highest BCUT2D eigenvalue weighted by atomic mass is 79.9. The van der Waals surface area contributed by atoms with Gasteiger partial charge in [-0.25, -0.2) is 4.39 Å². The molecule has 1 amide bonds. The second-order valence-corrected chi connectivity index (χ2v) is 6.27. The minimum Gasteiger partial charge on any atom is -0.398 e. The van der Waals surface area contributed by atoms with E-state index in [0.717, 1.165) is 9.37 Å². The molecule has 21 heavy (non-hydrogen) atoms. The Kier molecular flexibility index (Phi) is 5.64. The van der Waals surface area contributed by atoms with Crippen LogP contribution in [-0.4, -0.2) is 11.7 Å². The normalized spacial score (nSPS) is 10.4. The quantitative estimate of drug-likeness (QED) is 0.626. The highest BCUT2D eigenvalue weighted by Crippen LogP contribution is 2.28. The van der Waals surface area contributed by atoms with Crippen LogP contribution in [0.4, 0.5) is 10.1 Å². The molecule has 110 valence electrons. The van der Waals surface area contributed by atoms with E-state index in [1.807, 2.05) is 12.1 Å². The summed E-state index contributed by atoms with van der Waals surface area (Å²) in [4.78, 5) is 12.6. The maximum atomic E-state index is 13.4. The number of carbonyl (C=O) groups is 1. The lowest BCUT2D eigenvalue weighted by Gasteiger charge is -2.08. The summed E-state index contributed by atoms with van der Waals surface area (Å²) in [6.45, 7) is 0.181. The summed E-state index contributed by atoms with van der Waals surface area (Å²) in [6, 6.07) is 11.9. The van der Waals surface area contributed by atoms with Crippen molar-refractivity contribution < 1.29 is 9.18 Å². The third kappa shape index (κ3) is 4.75. The summed E-state index contributed by atoms with van der Waals surface area (Å²) >= 11 is 4.71. The SMILES string of the molecule is Nc1ccc(Br)cc1SCC(=O)NCc1ccccc1F. The van der Waals surface area contributed by atoms with Crippen LogP contribution in [0.2, 0.25) is 0 Å². The summed E-state index contributed by atoms with van der Waals surface area (Å²) in [6.07, 6.45) is 0. The van der Waals surface area contributed by atoms with Gasteiger partial charge in [0.2, 0.25) is 5.91 Å². The highest BCUT2D eigenvalue weighted by Gasteiger charge is 2.07. The first-order valence-corrected chi connectivity index (χ1v) is 8.02. The number of carbonyl (C=O) groups excluding carboxylic acids is 1. The molecule has 0 aromatic heterocycles. The van der Waals surface area contributed by atoms with Crippen molar-refractivity contribution >= 4 is 39.3 Å². The first-order chi connectivity index (χ1) is 10.1. The predicted octanol–water partition coefficient (Wildman–Crippen LogP) is 3.58. The monoisotopic (exact) mass is 368 g/mol.